The lowest BCUT2D eigenvalue weighted by Gasteiger charge is -2.26. The highest BCUT2D eigenvalue weighted by molar-refractivity contribution is 6.01. The summed E-state index contributed by atoms with van der Waals surface area (Å²) in [6, 6.07) is 18.3. The molecule has 0 spiro atoms. The number of benzene rings is 3. The van der Waals surface area contributed by atoms with Crippen LogP contribution in [-0.4, -0.2) is 66.4 Å². The van der Waals surface area contributed by atoms with Gasteiger partial charge in [-0.15, -0.1) is 0 Å². The molecule has 196 valence electrons. The Bertz CT molecular complexity index is 1400. The minimum Gasteiger partial charge on any atom is -0.493 e. The fourth-order valence-corrected chi connectivity index (χ4v) is 5.57. The minimum atomic E-state index is -0.594. The predicted octanol–water partition coefficient (Wildman–Crippen LogP) is 4.57. The number of aryl methyl sites for hydroxylation is 1. The normalized spacial score (nSPS) is 18.3. The van der Waals surface area contributed by atoms with Crippen molar-refractivity contribution in [3.63, 3.8) is 0 Å². The van der Waals surface area contributed by atoms with E-state index in [1.807, 2.05) is 60.4 Å². The molecule has 3 aromatic rings. The van der Waals surface area contributed by atoms with Gasteiger partial charge in [-0.2, -0.15) is 0 Å². The second-order valence-electron chi connectivity index (χ2n) is 9.72. The number of nitrogens with zero attached hydrogens (tertiary/aromatic N) is 3. The number of hydrogen-bond acceptors (Lipinski definition) is 6. The molecule has 0 saturated carbocycles. The first-order chi connectivity index (χ1) is 18.3. The van der Waals surface area contributed by atoms with Crippen LogP contribution in [0, 0.1) is 23.0 Å². The molecular formula is C29H29N3O6. The molecule has 9 heteroatoms. The molecule has 0 N–H and O–H groups in total. The van der Waals surface area contributed by atoms with E-state index in [0.717, 1.165) is 23.1 Å². The molecule has 9 nitrogen and oxygen atoms in total. The Kier molecular flexibility index (Phi) is 6.75. The van der Waals surface area contributed by atoms with E-state index in [0.29, 0.717) is 25.2 Å². The van der Waals surface area contributed by atoms with Crippen LogP contribution in [0.3, 0.4) is 0 Å². The van der Waals surface area contributed by atoms with Gasteiger partial charge in [0.2, 0.25) is 5.75 Å². The van der Waals surface area contributed by atoms with Crippen molar-refractivity contribution >= 4 is 17.5 Å². The first-order valence-corrected chi connectivity index (χ1v) is 12.5. The van der Waals surface area contributed by atoms with Crippen molar-refractivity contribution < 1.29 is 24.0 Å². The van der Waals surface area contributed by atoms with E-state index in [1.165, 1.54) is 26.4 Å². The summed E-state index contributed by atoms with van der Waals surface area (Å²) in [5.41, 5.74) is 3.46. The highest BCUT2D eigenvalue weighted by Gasteiger charge is 2.45. The van der Waals surface area contributed by atoms with Crippen LogP contribution >= 0.6 is 0 Å². The van der Waals surface area contributed by atoms with Gasteiger partial charge in [-0.25, -0.2) is 0 Å². The second kappa shape index (κ2) is 10.2. The molecule has 2 heterocycles. The predicted molar refractivity (Wildman–Crippen MR) is 142 cm³/mol. The molecule has 0 unspecified atom stereocenters. The van der Waals surface area contributed by atoms with Crippen LogP contribution in [0.5, 0.6) is 11.5 Å². The van der Waals surface area contributed by atoms with Crippen LogP contribution in [0.25, 0.3) is 11.1 Å². The zero-order valence-corrected chi connectivity index (χ0v) is 21.5. The van der Waals surface area contributed by atoms with Gasteiger partial charge in [0.05, 0.1) is 30.7 Å². The van der Waals surface area contributed by atoms with E-state index < -0.39 is 4.92 Å². The SMILES string of the molecule is COc1cc(C(=O)N2C[C@@H]3CCN(C(=O)c4ccccc4-c4ccc(C)cc4)[C@@H]3C2)cc([N+](=O)[O-])c1OC. The summed E-state index contributed by atoms with van der Waals surface area (Å²) in [4.78, 5) is 41.8. The Balaban J connectivity index is 1.39. The number of carbonyl (C=O) groups is 2. The monoisotopic (exact) mass is 515 g/mol. The first-order valence-electron chi connectivity index (χ1n) is 12.5. The van der Waals surface area contributed by atoms with Gasteiger partial charge in [-0.1, -0.05) is 48.0 Å². The third kappa shape index (κ3) is 4.44. The molecule has 2 aliphatic rings. The van der Waals surface area contributed by atoms with Crippen LogP contribution < -0.4 is 9.47 Å². The van der Waals surface area contributed by atoms with Gasteiger partial charge in [0, 0.05) is 37.2 Å². The third-order valence-electron chi connectivity index (χ3n) is 7.52. The molecule has 5 rings (SSSR count). The van der Waals surface area contributed by atoms with Gasteiger partial charge in [0.1, 0.15) is 0 Å². The Morgan fingerprint density at radius 1 is 0.974 bits per heavy atom. The Labute approximate surface area is 220 Å². The number of ether oxygens (including phenoxy) is 2. The summed E-state index contributed by atoms with van der Waals surface area (Å²) in [6.45, 7) is 3.50. The molecule has 2 atom stereocenters. The lowest BCUT2D eigenvalue weighted by molar-refractivity contribution is -0.385. The maximum Gasteiger partial charge on any atom is 0.315 e. The molecule has 2 amide bonds. The molecule has 2 saturated heterocycles. The number of rotatable bonds is 6. The number of likely N-dealkylation sites (tertiary alicyclic amines) is 2. The number of hydrogen-bond donors (Lipinski definition) is 0. The maximum absolute atomic E-state index is 13.8. The molecule has 0 aromatic heterocycles. The molecule has 0 aliphatic carbocycles. The molecule has 2 fully saturated rings. The lowest BCUT2D eigenvalue weighted by atomic mass is 9.97. The van der Waals surface area contributed by atoms with Crippen LogP contribution in [-0.2, 0) is 0 Å². The lowest BCUT2D eigenvalue weighted by Crippen LogP contribution is -2.40. The second-order valence-corrected chi connectivity index (χ2v) is 9.72. The summed E-state index contributed by atoms with van der Waals surface area (Å²) in [7, 11) is 2.69. The van der Waals surface area contributed by atoms with Crippen molar-refractivity contribution in [3.05, 3.63) is 87.5 Å². The summed E-state index contributed by atoms with van der Waals surface area (Å²) in [5.74, 6) is -0.157. The van der Waals surface area contributed by atoms with E-state index in [9.17, 15) is 19.7 Å². The molecule has 0 bridgehead atoms. The number of fused-ring (bicyclic) bond motifs is 1. The van der Waals surface area contributed by atoms with Gasteiger partial charge in [0.25, 0.3) is 11.8 Å². The van der Waals surface area contributed by atoms with Crippen molar-refractivity contribution in [2.24, 2.45) is 5.92 Å². The van der Waals surface area contributed by atoms with Crippen molar-refractivity contribution in [2.45, 2.75) is 19.4 Å². The van der Waals surface area contributed by atoms with Gasteiger partial charge < -0.3 is 19.3 Å². The van der Waals surface area contributed by atoms with Crippen LogP contribution in [0.1, 0.15) is 32.7 Å². The average molecular weight is 516 g/mol. The molecule has 38 heavy (non-hydrogen) atoms. The minimum absolute atomic E-state index is 0.0312. The largest absolute Gasteiger partial charge is 0.493 e. The van der Waals surface area contributed by atoms with Crippen LogP contribution in [0.4, 0.5) is 5.69 Å². The summed E-state index contributed by atoms with van der Waals surface area (Å²) < 4.78 is 10.4. The topological polar surface area (TPSA) is 102 Å². The standard InChI is InChI=1S/C29H29N3O6/c1-18-8-10-19(11-9-18)22-6-4-5-7-23(22)29(34)31-13-12-20-16-30(17-25(20)31)28(33)21-14-24(32(35)36)27(38-3)26(15-21)37-2/h4-11,14-15,20,25H,12-13,16-17H2,1-3H3/t20-,25+/m0/s1. The maximum atomic E-state index is 13.8. The molecule has 0 radical (unpaired) electrons. The fraction of sp³-hybridized carbons (Fsp3) is 0.310. The number of carbonyl (C=O) groups excluding carboxylic acids is 2. The van der Waals surface area contributed by atoms with E-state index in [1.54, 1.807) is 4.90 Å². The van der Waals surface area contributed by atoms with Crippen LogP contribution in [0.2, 0.25) is 0 Å². The van der Waals surface area contributed by atoms with E-state index in [-0.39, 0.29) is 46.5 Å². The number of methoxy groups -OCH3 is 2. The van der Waals surface area contributed by atoms with E-state index in [4.69, 9.17) is 9.47 Å². The van der Waals surface area contributed by atoms with Gasteiger partial charge >= 0.3 is 5.69 Å². The number of amides is 2. The highest BCUT2D eigenvalue weighted by atomic mass is 16.6. The van der Waals surface area contributed by atoms with E-state index in [2.05, 4.69) is 0 Å². The Morgan fingerprint density at radius 2 is 1.71 bits per heavy atom. The average Bonchev–Trinajstić information content (AvgIpc) is 3.53. The van der Waals surface area contributed by atoms with Crippen molar-refractivity contribution in [2.75, 3.05) is 33.9 Å². The summed E-state index contributed by atoms with van der Waals surface area (Å²) in [5, 5.41) is 11.6. The van der Waals surface area contributed by atoms with Gasteiger partial charge in [-0.05, 0) is 36.6 Å². The molecule has 3 aromatic carbocycles. The van der Waals surface area contributed by atoms with Crippen LogP contribution in [0.15, 0.2) is 60.7 Å². The number of nitro groups is 1. The Morgan fingerprint density at radius 3 is 2.39 bits per heavy atom. The van der Waals surface area contributed by atoms with Crippen molar-refractivity contribution in [3.8, 4) is 22.6 Å². The van der Waals surface area contributed by atoms with Gasteiger partial charge in [-0.3, -0.25) is 19.7 Å². The van der Waals surface area contributed by atoms with Crippen molar-refractivity contribution in [1.82, 2.24) is 9.80 Å². The summed E-state index contributed by atoms with van der Waals surface area (Å²) >= 11 is 0. The Hall–Kier alpha value is -4.40. The smallest absolute Gasteiger partial charge is 0.315 e. The third-order valence-corrected chi connectivity index (χ3v) is 7.52. The zero-order chi connectivity index (χ0) is 27.0. The fourth-order valence-electron chi connectivity index (χ4n) is 5.57. The highest BCUT2D eigenvalue weighted by Crippen LogP contribution is 2.40. The molecular weight excluding hydrogens is 486 g/mol. The van der Waals surface area contributed by atoms with E-state index >= 15 is 0 Å². The quantitative estimate of drug-likeness (QED) is 0.352. The van der Waals surface area contributed by atoms with Crippen molar-refractivity contribution in [1.29, 1.82) is 0 Å². The zero-order valence-electron chi connectivity index (χ0n) is 21.5. The van der Waals surface area contributed by atoms with Gasteiger partial charge in [0.15, 0.2) is 5.75 Å². The first kappa shape index (κ1) is 25.3. The number of nitro benzene ring substituents is 1. The summed E-state index contributed by atoms with van der Waals surface area (Å²) in [6.07, 6.45) is 0.791. The molecule has 2 aliphatic heterocycles.